The molecule has 1 amide bonds. The number of hydrogen-bond donors (Lipinski definition) is 1. The molecule has 160 valence electrons. The Kier molecular flexibility index (Phi) is 6.22. The van der Waals surface area contributed by atoms with Crippen molar-refractivity contribution in [3.05, 3.63) is 94.5 Å². The van der Waals surface area contributed by atoms with E-state index in [1.807, 2.05) is 36.4 Å². The molecular formula is C23H23N3O5. The van der Waals surface area contributed by atoms with Crippen LogP contribution in [0.3, 0.4) is 0 Å². The number of carbonyl (C=O) groups is 1. The molecule has 1 aliphatic rings. The minimum Gasteiger partial charge on any atom is -0.371 e. The fourth-order valence-corrected chi connectivity index (χ4v) is 3.22. The molecule has 0 spiro atoms. The third-order valence-electron chi connectivity index (χ3n) is 4.81. The summed E-state index contributed by atoms with van der Waals surface area (Å²) < 4.78 is 18.7. The van der Waals surface area contributed by atoms with Crippen LogP contribution in [0.2, 0.25) is 0 Å². The Morgan fingerprint density at radius 1 is 1.16 bits per heavy atom. The van der Waals surface area contributed by atoms with Gasteiger partial charge in [0.25, 0.3) is 5.91 Å². The van der Waals surface area contributed by atoms with Crippen LogP contribution in [0.5, 0.6) is 0 Å². The van der Waals surface area contributed by atoms with E-state index in [1.165, 1.54) is 10.8 Å². The van der Waals surface area contributed by atoms with Gasteiger partial charge in [0.2, 0.25) is 0 Å². The van der Waals surface area contributed by atoms with Gasteiger partial charge in [0.05, 0.1) is 13.2 Å². The third kappa shape index (κ3) is 5.24. The minimum absolute atomic E-state index is 0.169. The fraction of sp³-hybridized carbons (Fsp3) is 0.261. The molecule has 2 heterocycles. The van der Waals surface area contributed by atoms with Gasteiger partial charge in [-0.05, 0) is 30.7 Å². The lowest BCUT2D eigenvalue weighted by atomic mass is 10.2. The molecule has 0 saturated carbocycles. The standard InChI is InChI=1S/C23H23N3O5/c1-23(16-29-14-17-8-4-2-5-9-17)30-15-20(31-23)26-13-12-19(25-22(26)28)24-21(27)18-10-6-3-7-11-18/h2-13,20H,14-16H2,1H3,(H,24,25,27,28)/t20-,23+/m0/s1. The van der Waals surface area contributed by atoms with Crippen LogP contribution >= 0.6 is 0 Å². The van der Waals surface area contributed by atoms with Gasteiger partial charge >= 0.3 is 5.69 Å². The molecule has 8 nitrogen and oxygen atoms in total. The number of carbonyl (C=O) groups excluding carboxylic acids is 1. The van der Waals surface area contributed by atoms with E-state index < -0.39 is 17.7 Å². The molecule has 0 unspecified atom stereocenters. The Morgan fingerprint density at radius 3 is 2.58 bits per heavy atom. The lowest BCUT2D eigenvalue weighted by Crippen LogP contribution is -2.34. The van der Waals surface area contributed by atoms with Crippen molar-refractivity contribution >= 4 is 11.7 Å². The van der Waals surface area contributed by atoms with Crippen LogP contribution in [0.1, 0.15) is 29.1 Å². The maximum absolute atomic E-state index is 12.5. The molecule has 0 bridgehead atoms. The van der Waals surface area contributed by atoms with Crippen molar-refractivity contribution in [2.75, 3.05) is 18.5 Å². The molecule has 0 aliphatic carbocycles. The van der Waals surface area contributed by atoms with Crippen molar-refractivity contribution in [3.8, 4) is 0 Å². The molecule has 2 atom stereocenters. The van der Waals surface area contributed by atoms with Gasteiger partial charge in [0.15, 0.2) is 12.0 Å². The van der Waals surface area contributed by atoms with E-state index in [1.54, 1.807) is 37.3 Å². The number of ether oxygens (including phenoxy) is 3. The SMILES string of the molecule is C[C@@]1(COCc2ccccc2)OC[C@@H](n2ccc(NC(=O)c3ccccc3)nc2=O)O1. The highest BCUT2D eigenvalue weighted by molar-refractivity contribution is 6.03. The Bertz CT molecular complexity index is 1090. The fourth-order valence-electron chi connectivity index (χ4n) is 3.22. The minimum atomic E-state index is -0.973. The number of anilines is 1. The van der Waals surface area contributed by atoms with E-state index in [9.17, 15) is 9.59 Å². The molecule has 2 aromatic carbocycles. The highest BCUT2D eigenvalue weighted by Gasteiger charge is 2.39. The Labute approximate surface area is 179 Å². The van der Waals surface area contributed by atoms with E-state index in [4.69, 9.17) is 14.2 Å². The van der Waals surface area contributed by atoms with Gasteiger partial charge in [-0.1, -0.05) is 48.5 Å². The van der Waals surface area contributed by atoms with E-state index in [2.05, 4.69) is 10.3 Å². The molecule has 3 aromatic rings. The quantitative estimate of drug-likeness (QED) is 0.631. The summed E-state index contributed by atoms with van der Waals surface area (Å²) in [6.07, 6.45) is 0.893. The van der Waals surface area contributed by atoms with E-state index in [0.29, 0.717) is 12.2 Å². The summed E-state index contributed by atoms with van der Waals surface area (Å²) >= 11 is 0. The van der Waals surface area contributed by atoms with Gasteiger partial charge in [0.1, 0.15) is 12.4 Å². The van der Waals surface area contributed by atoms with Crippen LogP contribution in [-0.4, -0.2) is 34.5 Å². The smallest absolute Gasteiger partial charge is 0.351 e. The predicted octanol–water partition coefficient (Wildman–Crippen LogP) is 2.97. The van der Waals surface area contributed by atoms with E-state index in [0.717, 1.165) is 5.56 Å². The Hall–Kier alpha value is -3.33. The maximum atomic E-state index is 12.5. The van der Waals surface area contributed by atoms with Crippen molar-refractivity contribution in [2.45, 2.75) is 25.5 Å². The summed E-state index contributed by atoms with van der Waals surface area (Å²) in [4.78, 5) is 28.7. The number of nitrogens with one attached hydrogen (secondary N) is 1. The first-order valence-electron chi connectivity index (χ1n) is 9.91. The average molecular weight is 421 g/mol. The Balaban J connectivity index is 1.35. The molecule has 0 radical (unpaired) electrons. The third-order valence-corrected chi connectivity index (χ3v) is 4.81. The highest BCUT2D eigenvalue weighted by atomic mass is 16.8. The second-order valence-corrected chi connectivity index (χ2v) is 7.32. The number of nitrogens with zero attached hydrogens (tertiary/aromatic N) is 2. The van der Waals surface area contributed by atoms with Gasteiger partial charge in [-0.15, -0.1) is 0 Å². The summed E-state index contributed by atoms with van der Waals surface area (Å²) in [6.45, 7) is 2.60. The van der Waals surface area contributed by atoms with Gasteiger partial charge in [-0.3, -0.25) is 9.36 Å². The van der Waals surface area contributed by atoms with Crippen molar-refractivity contribution in [2.24, 2.45) is 0 Å². The molecule has 1 aliphatic heterocycles. The summed E-state index contributed by atoms with van der Waals surface area (Å²) in [5.41, 5.74) is 0.982. The molecule has 31 heavy (non-hydrogen) atoms. The van der Waals surface area contributed by atoms with Crippen LogP contribution in [0.15, 0.2) is 77.7 Å². The first-order valence-corrected chi connectivity index (χ1v) is 9.91. The van der Waals surface area contributed by atoms with Crippen molar-refractivity contribution in [1.82, 2.24) is 9.55 Å². The zero-order chi connectivity index (χ0) is 21.7. The predicted molar refractivity (Wildman–Crippen MR) is 113 cm³/mol. The summed E-state index contributed by atoms with van der Waals surface area (Å²) in [6, 6.07) is 20.1. The van der Waals surface area contributed by atoms with Crippen LogP contribution in [0.25, 0.3) is 0 Å². The maximum Gasteiger partial charge on any atom is 0.351 e. The van der Waals surface area contributed by atoms with Gasteiger partial charge < -0.3 is 19.5 Å². The molecule has 4 rings (SSSR count). The monoisotopic (exact) mass is 421 g/mol. The zero-order valence-electron chi connectivity index (χ0n) is 17.1. The largest absolute Gasteiger partial charge is 0.371 e. The lowest BCUT2D eigenvalue weighted by Gasteiger charge is -2.23. The zero-order valence-corrected chi connectivity index (χ0v) is 17.1. The second kappa shape index (κ2) is 9.22. The number of amides is 1. The van der Waals surface area contributed by atoms with Gasteiger partial charge in [-0.2, -0.15) is 4.98 Å². The van der Waals surface area contributed by atoms with Crippen molar-refractivity contribution < 1.29 is 19.0 Å². The van der Waals surface area contributed by atoms with Gasteiger partial charge in [-0.25, -0.2) is 4.79 Å². The van der Waals surface area contributed by atoms with E-state index in [-0.39, 0.29) is 24.9 Å². The van der Waals surface area contributed by atoms with Crippen LogP contribution in [-0.2, 0) is 20.8 Å². The molecule has 1 saturated heterocycles. The van der Waals surface area contributed by atoms with E-state index >= 15 is 0 Å². The number of rotatable bonds is 7. The first-order chi connectivity index (χ1) is 15.0. The second-order valence-electron chi connectivity index (χ2n) is 7.32. The van der Waals surface area contributed by atoms with Crippen LogP contribution < -0.4 is 11.0 Å². The van der Waals surface area contributed by atoms with Crippen molar-refractivity contribution in [1.29, 1.82) is 0 Å². The molecule has 1 fully saturated rings. The number of benzene rings is 2. The topological polar surface area (TPSA) is 91.7 Å². The number of aromatic nitrogens is 2. The summed E-state index contributed by atoms with van der Waals surface area (Å²) in [5.74, 6) is -1.14. The van der Waals surface area contributed by atoms with Gasteiger partial charge in [0, 0.05) is 11.8 Å². The molecule has 8 heteroatoms. The highest BCUT2D eigenvalue weighted by Crippen LogP contribution is 2.29. The molecule has 1 aromatic heterocycles. The lowest BCUT2D eigenvalue weighted by molar-refractivity contribution is -0.199. The van der Waals surface area contributed by atoms with Crippen LogP contribution in [0.4, 0.5) is 5.82 Å². The summed E-state index contributed by atoms with van der Waals surface area (Å²) in [5, 5.41) is 2.62. The normalized spacial score (nSPS) is 20.5. The number of hydrogen-bond acceptors (Lipinski definition) is 6. The first kappa shape index (κ1) is 20.9. The summed E-state index contributed by atoms with van der Waals surface area (Å²) in [7, 11) is 0. The molecular weight excluding hydrogens is 398 g/mol. The average Bonchev–Trinajstić information content (AvgIpc) is 3.17. The van der Waals surface area contributed by atoms with Crippen molar-refractivity contribution in [3.63, 3.8) is 0 Å². The van der Waals surface area contributed by atoms with Crippen LogP contribution in [0, 0.1) is 0 Å². The molecule has 1 N–H and O–H groups in total. The Morgan fingerprint density at radius 2 is 1.87 bits per heavy atom.